The topological polar surface area (TPSA) is 118 Å². The first-order chi connectivity index (χ1) is 14.7. The highest BCUT2D eigenvalue weighted by atomic mass is 16.6. The first-order valence-electron chi connectivity index (χ1n) is 10.8. The molecule has 2 heterocycles. The molecule has 0 aliphatic carbocycles. The number of amides is 1. The van der Waals surface area contributed by atoms with E-state index in [0.717, 1.165) is 38.0 Å². The van der Waals surface area contributed by atoms with Crippen LogP contribution in [0.25, 0.3) is 0 Å². The minimum absolute atomic E-state index is 0.109. The predicted octanol–water partition coefficient (Wildman–Crippen LogP) is 3.25. The number of piperidine rings is 1. The molecule has 9 nitrogen and oxygen atoms in total. The van der Waals surface area contributed by atoms with E-state index in [-0.39, 0.29) is 18.1 Å². The first kappa shape index (κ1) is 22.7. The normalized spacial score (nSPS) is 15.5. The number of carbonyl (C=O) groups is 1. The number of carbonyl (C=O) groups excluding carboxylic acids is 1. The van der Waals surface area contributed by atoms with Crippen LogP contribution < -0.4 is 16.4 Å². The molecule has 0 atom stereocenters. The molecule has 31 heavy (non-hydrogen) atoms. The average Bonchev–Trinajstić information content (AvgIpc) is 2.68. The number of nitrogens with one attached hydrogen (secondary N) is 2. The van der Waals surface area contributed by atoms with Crippen LogP contribution in [-0.4, -0.2) is 50.7 Å². The maximum atomic E-state index is 12.0. The van der Waals surface area contributed by atoms with Crippen LogP contribution in [0.3, 0.4) is 0 Å². The van der Waals surface area contributed by atoms with Gasteiger partial charge in [0.1, 0.15) is 11.4 Å². The Hall–Kier alpha value is -2.94. The molecule has 1 aromatic carbocycles. The molecule has 0 saturated carbocycles. The molecule has 0 bridgehead atoms. The van der Waals surface area contributed by atoms with Crippen molar-refractivity contribution in [3.05, 3.63) is 35.7 Å². The SMILES string of the molecule is CCc1ccccc1Nc1nc(N)nc(CN2CCC(NC(=O)OC(C)(C)C)CC2)n1. The van der Waals surface area contributed by atoms with Crippen LogP contribution in [0.1, 0.15) is 51.9 Å². The van der Waals surface area contributed by atoms with Crippen molar-refractivity contribution < 1.29 is 9.53 Å². The molecule has 3 rings (SSSR count). The third-order valence-electron chi connectivity index (χ3n) is 5.02. The Labute approximate surface area is 183 Å². The van der Waals surface area contributed by atoms with Gasteiger partial charge in [-0.25, -0.2) is 4.79 Å². The van der Waals surface area contributed by atoms with Crippen LogP contribution in [0.4, 0.5) is 22.4 Å². The summed E-state index contributed by atoms with van der Waals surface area (Å²) in [5.41, 5.74) is 7.59. The highest BCUT2D eigenvalue weighted by Gasteiger charge is 2.24. The van der Waals surface area contributed by atoms with Gasteiger partial charge in [-0.15, -0.1) is 0 Å². The van der Waals surface area contributed by atoms with Crippen LogP contribution in [0.2, 0.25) is 0 Å². The zero-order chi connectivity index (χ0) is 22.4. The van der Waals surface area contributed by atoms with Gasteiger partial charge in [-0.2, -0.15) is 15.0 Å². The van der Waals surface area contributed by atoms with Gasteiger partial charge in [-0.1, -0.05) is 25.1 Å². The van der Waals surface area contributed by atoms with Gasteiger partial charge in [0, 0.05) is 24.8 Å². The van der Waals surface area contributed by atoms with E-state index >= 15 is 0 Å². The summed E-state index contributed by atoms with van der Waals surface area (Å²) in [4.78, 5) is 27.3. The number of para-hydroxylation sites is 1. The highest BCUT2D eigenvalue weighted by molar-refractivity contribution is 5.68. The van der Waals surface area contributed by atoms with Crippen molar-refractivity contribution in [3.8, 4) is 0 Å². The Balaban J connectivity index is 1.56. The number of hydrogen-bond acceptors (Lipinski definition) is 8. The fourth-order valence-electron chi connectivity index (χ4n) is 3.55. The quantitative estimate of drug-likeness (QED) is 0.643. The van der Waals surface area contributed by atoms with Crippen LogP contribution in [0.15, 0.2) is 24.3 Å². The molecule has 1 saturated heterocycles. The average molecular weight is 428 g/mol. The summed E-state index contributed by atoms with van der Waals surface area (Å²) in [5.74, 6) is 1.27. The number of aryl methyl sites for hydroxylation is 1. The number of ether oxygens (including phenoxy) is 1. The molecule has 0 unspecified atom stereocenters. The fraction of sp³-hybridized carbons (Fsp3) is 0.545. The second-order valence-electron chi connectivity index (χ2n) is 8.77. The number of anilines is 3. The Bertz CT molecular complexity index is 890. The second-order valence-corrected chi connectivity index (χ2v) is 8.77. The van der Waals surface area contributed by atoms with Gasteiger partial charge in [0.25, 0.3) is 0 Å². The van der Waals surface area contributed by atoms with Crippen molar-refractivity contribution in [2.75, 3.05) is 24.1 Å². The number of benzene rings is 1. The van der Waals surface area contributed by atoms with Gasteiger partial charge in [0.05, 0.1) is 6.54 Å². The second kappa shape index (κ2) is 9.91. The van der Waals surface area contributed by atoms with E-state index in [0.29, 0.717) is 18.3 Å². The summed E-state index contributed by atoms with van der Waals surface area (Å²) in [7, 11) is 0. The fourth-order valence-corrected chi connectivity index (χ4v) is 3.55. The largest absolute Gasteiger partial charge is 0.444 e. The van der Waals surface area contributed by atoms with Crippen LogP contribution >= 0.6 is 0 Å². The summed E-state index contributed by atoms with van der Waals surface area (Å²) < 4.78 is 5.34. The summed E-state index contributed by atoms with van der Waals surface area (Å²) in [6.07, 6.45) is 2.23. The molecule has 0 radical (unpaired) electrons. The van der Waals surface area contributed by atoms with E-state index in [1.165, 1.54) is 5.56 Å². The summed E-state index contributed by atoms with van der Waals surface area (Å²) in [6.45, 7) is 9.92. The van der Waals surface area contributed by atoms with Gasteiger partial charge < -0.3 is 21.1 Å². The monoisotopic (exact) mass is 427 g/mol. The lowest BCUT2D eigenvalue weighted by Crippen LogP contribution is -2.46. The van der Waals surface area contributed by atoms with E-state index < -0.39 is 5.60 Å². The standard InChI is InChI=1S/C22H33N7O2/c1-5-15-8-6-7-9-17(15)25-20-27-18(26-19(23)28-20)14-29-12-10-16(11-13-29)24-21(30)31-22(2,3)4/h6-9,16H,5,10-14H2,1-4H3,(H,24,30)(H3,23,25,26,27,28). The van der Waals surface area contributed by atoms with E-state index in [9.17, 15) is 4.79 Å². The van der Waals surface area contributed by atoms with Gasteiger partial charge in [0.15, 0.2) is 0 Å². The molecule has 4 N–H and O–H groups in total. The van der Waals surface area contributed by atoms with E-state index in [1.54, 1.807) is 0 Å². The van der Waals surface area contributed by atoms with Crippen molar-refractivity contribution in [1.29, 1.82) is 0 Å². The Morgan fingerprint density at radius 3 is 2.58 bits per heavy atom. The third kappa shape index (κ3) is 7.06. The number of likely N-dealkylation sites (tertiary alicyclic amines) is 1. The molecule has 1 aliphatic rings. The van der Waals surface area contributed by atoms with Gasteiger partial charge in [-0.05, 0) is 51.7 Å². The lowest BCUT2D eigenvalue weighted by Gasteiger charge is -2.32. The minimum atomic E-state index is -0.493. The molecular weight excluding hydrogens is 394 g/mol. The zero-order valence-corrected chi connectivity index (χ0v) is 18.8. The number of nitrogens with two attached hydrogens (primary N) is 1. The van der Waals surface area contributed by atoms with Gasteiger partial charge in [-0.3, -0.25) is 4.90 Å². The first-order valence-corrected chi connectivity index (χ1v) is 10.8. The Kier molecular flexibility index (Phi) is 7.27. The van der Waals surface area contributed by atoms with E-state index in [4.69, 9.17) is 10.5 Å². The molecule has 168 valence electrons. The summed E-state index contributed by atoms with van der Waals surface area (Å²) in [6, 6.07) is 8.17. The highest BCUT2D eigenvalue weighted by Crippen LogP contribution is 2.20. The lowest BCUT2D eigenvalue weighted by atomic mass is 10.1. The third-order valence-corrected chi connectivity index (χ3v) is 5.02. The molecule has 1 aliphatic heterocycles. The molecule has 9 heteroatoms. The van der Waals surface area contributed by atoms with E-state index in [2.05, 4.69) is 43.5 Å². The van der Waals surface area contributed by atoms with E-state index in [1.807, 2.05) is 39.0 Å². The number of nitrogen functional groups attached to an aromatic ring is 1. The number of rotatable bonds is 6. The van der Waals surface area contributed by atoms with Crippen molar-refractivity contribution >= 4 is 23.7 Å². The summed E-state index contributed by atoms with van der Waals surface area (Å²) in [5, 5.41) is 6.22. The van der Waals surface area contributed by atoms with Crippen LogP contribution in [0, 0.1) is 0 Å². The molecule has 1 amide bonds. The maximum Gasteiger partial charge on any atom is 0.407 e. The van der Waals surface area contributed by atoms with Crippen LogP contribution in [0.5, 0.6) is 0 Å². The molecule has 0 spiro atoms. The predicted molar refractivity (Wildman–Crippen MR) is 121 cm³/mol. The Morgan fingerprint density at radius 1 is 1.19 bits per heavy atom. The van der Waals surface area contributed by atoms with Crippen molar-refractivity contribution in [3.63, 3.8) is 0 Å². The van der Waals surface area contributed by atoms with Crippen molar-refractivity contribution in [2.24, 2.45) is 0 Å². The molecule has 1 fully saturated rings. The minimum Gasteiger partial charge on any atom is -0.444 e. The molecule has 2 aromatic rings. The lowest BCUT2D eigenvalue weighted by molar-refractivity contribution is 0.0477. The molecule has 1 aromatic heterocycles. The van der Waals surface area contributed by atoms with Gasteiger partial charge >= 0.3 is 6.09 Å². The number of aromatic nitrogens is 3. The number of alkyl carbamates (subject to hydrolysis) is 1. The summed E-state index contributed by atoms with van der Waals surface area (Å²) >= 11 is 0. The van der Waals surface area contributed by atoms with Crippen LogP contribution in [-0.2, 0) is 17.7 Å². The van der Waals surface area contributed by atoms with Crippen molar-refractivity contribution in [2.45, 2.75) is 65.1 Å². The van der Waals surface area contributed by atoms with Crippen molar-refractivity contribution in [1.82, 2.24) is 25.2 Å². The molecular formula is C22H33N7O2. The van der Waals surface area contributed by atoms with Gasteiger partial charge in [0.2, 0.25) is 11.9 Å². The Morgan fingerprint density at radius 2 is 1.90 bits per heavy atom. The maximum absolute atomic E-state index is 12.0. The number of hydrogen-bond donors (Lipinski definition) is 3. The number of nitrogens with zero attached hydrogens (tertiary/aromatic N) is 4. The smallest absolute Gasteiger partial charge is 0.407 e. The zero-order valence-electron chi connectivity index (χ0n) is 18.8.